The summed E-state index contributed by atoms with van der Waals surface area (Å²) in [5.74, 6) is 0.889. The van der Waals surface area contributed by atoms with E-state index >= 15 is 0 Å². The molecular formula is C11H11ClF3N3. The Balaban J connectivity index is 2.35. The SMILES string of the molecule is FC(F)(F)CCn1c(CCCl)nc2cnccc21. The highest BCUT2D eigenvalue weighted by Crippen LogP contribution is 2.23. The number of fused-ring (bicyclic) bond motifs is 1. The largest absolute Gasteiger partial charge is 0.390 e. The van der Waals surface area contributed by atoms with Crippen LogP contribution in [0.4, 0.5) is 13.2 Å². The van der Waals surface area contributed by atoms with Gasteiger partial charge in [-0.15, -0.1) is 11.6 Å². The molecule has 0 fully saturated rings. The first-order valence-corrected chi connectivity index (χ1v) is 5.96. The molecule has 18 heavy (non-hydrogen) atoms. The van der Waals surface area contributed by atoms with Gasteiger partial charge in [-0.25, -0.2) is 4.98 Å². The molecule has 3 nitrogen and oxygen atoms in total. The lowest BCUT2D eigenvalue weighted by Gasteiger charge is -2.10. The Morgan fingerprint density at radius 3 is 2.78 bits per heavy atom. The summed E-state index contributed by atoms with van der Waals surface area (Å²) in [6, 6.07) is 1.66. The van der Waals surface area contributed by atoms with Crippen molar-refractivity contribution in [2.24, 2.45) is 0 Å². The smallest absolute Gasteiger partial charge is 0.328 e. The van der Waals surface area contributed by atoms with Crippen LogP contribution in [0.15, 0.2) is 18.5 Å². The highest BCUT2D eigenvalue weighted by atomic mass is 35.5. The average molecular weight is 278 g/mol. The number of hydrogen-bond acceptors (Lipinski definition) is 2. The second-order valence-corrected chi connectivity index (χ2v) is 4.23. The van der Waals surface area contributed by atoms with Crippen LogP contribution in [0.3, 0.4) is 0 Å². The number of alkyl halides is 4. The number of halogens is 4. The van der Waals surface area contributed by atoms with Gasteiger partial charge in [-0.1, -0.05) is 0 Å². The molecule has 0 bridgehead atoms. The maximum atomic E-state index is 12.3. The summed E-state index contributed by atoms with van der Waals surface area (Å²) < 4.78 is 38.4. The summed E-state index contributed by atoms with van der Waals surface area (Å²) in [6.45, 7) is -0.143. The van der Waals surface area contributed by atoms with Gasteiger partial charge in [0.05, 0.1) is 18.1 Å². The predicted octanol–water partition coefficient (Wildman–Crippen LogP) is 3.17. The molecule has 0 radical (unpaired) electrons. The maximum Gasteiger partial charge on any atom is 0.390 e. The fourth-order valence-corrected chi connectivity index (χ4v) is 1.96. The van der Waals surface area contributed by atoms with Gasteiger partial charge in [-0.05, 0) is 6.07 Å². The van der Waals surface area contributed by atoms with Crippen molar-refractivity contribution in [1.82, 2.24) is 14.5 Å². The van der Waals surface area contributed by atoms with E-state index in [-0.39, 0.29) is 6.54 Å². The van der Waals surface area contributed by atoms with Crippen LogP contribution in [-0.4, -0.2) is 26.6 Å². The van der Waals surface area contributed by atoms with Gasteiger partial charge in [0.2, 0.25) is 0 Å². The minimum atomic E-state index is -4.18. The van der Waals surface area contributed by atoms with Gasteiger partial charge in [-0.2, -0.15) is 13.2 Å². The molecule has 7 heteroatoms. The summed E-state index contributed by atoms with van der Waals surface area (Å²) in [7, 11) is 0. The number of pyridine rings is 1. The molecule has 0 unspecified atom stereocenters. The summed E-state index contributed by atoms with van der Waals surface area (Å²) in [5.41, 5.74) is 1.26. The third-order valence-corrected chi connectivity index (χ3v) is 2.76. The van der Waals surface area contributed by atoms with Crippen molar-refractivity contribution in [2.45, 2.75) is 25.6 Å². The molecule has 2 aromatic rings. The second kappa shape index (κ2) is 5.14. The minimum absolute atomic E-state index is 0.143. The van der Waals surface area contributed by atoms with Gasteiger partial charge in [0.25, 0.3) is 0 Å². The normalized spacial score (nSPS) is 12.2. The maximum absolute atomic E-state index is 12.3. The molecule has 0 aliphatic carbocycles. The Morgan fingerprint density at radius 2 is 2.11 bits per heavy atom. The lowest BCUT2D eigenvalue weighted by Crippen LogP contribution is -2.14. The van der Waals surface area contributed by atoms with E-state index in [4.69, 9.17) is 11.6 Å². The molecule has 0 aliphatic rings. The standard InChI is InChI=1S/C11H11ClF3N3/c12-4-1-10-17-8-7-16-5-2-9(8)18(10)6-3-11(13,14)15/h2,5,7H,1,3-4,6H2. The molecule has 0 saturated carbocycles. The van der Waals surface area contributed by atoms with Crippen molar-refractivity contribution >= 4 is 22.6 Å². The zero-order valence-corrected chi connectivity index (χ0v) is 10.2. The quantitative estimate of drug-likeness (QED) is 0.804. The molecule has 0 N–H and O–H groups in total. The van der Waals surface area contributed by atoms with Gasteiger partial charge in [0.15, 0.2) is 0 Å². The van der Waals surface area contributed by atoms with Gasteiger partial charge >= 0.3 is 6.18 Å². The summed E-state index contributed by atoms with van der Waals surface area (Å²) in [4.78, 5) is 8.16. The lowest BCUT2D eigenvalue weighted by molar-refractivity contribution is -0.136. The van der Waals surface area contributed by atoms with E-state index in [0.717, 1.165) is 0 Å². The Hall–Kier alpha value is -1.30. The minimum Gasteiger partial charge on any atom is -0.328 e. The fourth-order valence-electron chi connectivity index (χ4n) is 1.80. The first-order chi connectivity index (χ1) is 8.51. The van der Waals surface area contributed by atoms with E-state index in [2.05, 4.69) is 9.97 Å². The zero-order valence-electron chi connectivity index (χ0n) is 9.41. The average Bonchev–Trinajstić information content (AvgIpc) is 2.63. The molecule has 2 heterocycles. The van der Waals surface area contributed by atoms with Crippen LogP contribution in [0.2, 0.25) is 0 Å². The van der Waals surface area contributed by atoms with Crippen LogP contribution in [0.1, 0.15) is 12.2 Å². The summed E-state index contributed by atoms with van der Waals surface area (Å²) >= 11 is 5.63. The zero-order chi connectivity index (χ0) is 13.2. The topological polar surface area (TPSA) is 30.7 Å². The summed E-state index contributed by atoms with van der Waals surface area (Å²) in [5, 5.41) is 0. The van der Waals surface area contributed by atoms with Gasteiger partial charge in [0, 0.05) is 25.0 Å². The van der Waals surface area contributed by atoms with E-state index in [1.54, 1.807) is 16.8 Å². The van der Waals surface area contributed by atoms with E-state index in [1.807, 2.05) is 0 Å². The lowest BCUT2D eigenvalue weighted by atomic mass is 10.3. The number of imidazole rings is 1. The Morgan fingerprint density at radius 1 is 1.33 bits per heavy atom. The monoisotopic (exact) mass is 277 g/mol. The number of rotatable bonds is 4. The molecule has 0 atom stereocenters. The van der Waals surface area contributed by atoms with Crippen LogP contribution in [0.5, 0.6) is 0 Å². The van der Waals surface area contributed by atoms with Crippen molar-refractivity contribution in [1.29, 1.82) is 0 Å². The highest BCUT2D eigenvalue weighted by Gasteiger charge is 2.27. The molecule has 0 spiro atoms. The van der Waals surface area contributed by atoms with E-state index < -0.39 is 12.6 Å². The van der Waals surface area contributed by atoms with E-state index in [0.29, 0.717) is 29.2 Å². The third-order valence-electron chi connectivity index (χ3n) is 2.57. The van der Waals surface area contributed by atoms with Crippen LogP contribution < -0.4 is 0 Å². The Kier molecular flexibility index (Phi) is 3.75. The van der Waals surface area contributed by atoms with Gasteiger partial charge < -0.3 is 4.57 Å². The predicted molar refractivity (Wildman–Crippen MR) is 62.6 cm³/mol. The molecule has 0 saturated heterocycles. The molecule has 0 amide bonds. The molecule has 2 aromatic heterocycles. The molecular weight excluding hydrogens is 267 g/mol. The first-order valence-electron chi connectivity index (χ1n) is 5.43. The number of nitrogens with zero attached hydrogens (tertiary/aromatic N) is 3. The Labute approximate surface area is 107 Å². The van der Waals surface area contributed by atoms with Gasteiger partial charge in [-0.3, -0.25) is 4.98 Å². The molecule has 98 valence electrons. The van der Waals surface area contributed by atoms with E-state index in [9.17, 15) is 13.2 Å². The van der Waals surface area contributed by atoms with Crippen molar-refractivity contribution in [2.75, 3.05) is 5.88 Å². The van der Waals surface area contributed by atoms with E-state index in [1.165, 1.54) is 6.20 Å². The first kappa shape index (κ1) is 13.1. The number of aryl methyl sites for hydroxylation is 2. The van der Waals surface area contributed by atoms with Crippen LogP contribution in [-0.2, 0) is 13.0 Å². The molecule has 0 aliphatic heterocycles. The van der Waals surface area contributed by atoms with Gasteiger partial charge in [0.1, 0.15) is 11.3 Å². The van der Waals surface area contributed by atoms with Crippen molar-refractivity contribution < 1.29 is 13.2 Å². The molecule has 2 rings (SSSR count). The second-order valence-electron chi connectivity index (χ2n) is 3.85. The van der Waals surface area contributed by atoms with Crippen molar-refractivity contribution in [3.8, 4) is 0 Å². The third kappa shape index (κ3) is 2.93. The van der Waals surface area contributed by atoms with Crippen LogP contribution in [0.25, 0.3) is 11.0 Å². The number of hydrogen-bond donors (Lipinski definition) is 0. The number of aromatic nitrogens is 3. The highest BCUT2D eigenvalue weighted by molar-refractivity contribution is 6.17. The van der Waals surface area contributed by atoms with Crippen LogP contribution >= 0.6 is 11.6 Å². The Bertz CT molecular complexity index is 536. The van der Waals surface area contributed by atoms with Crippen LogP contribution in [0, 0.1) is 0 Å². The van der Waals surface area contributed by atoms with Crippen molar-refractivity contribution in [3.63, 3.8) is 0 Å². The summed E-state index contributed by atoms with van der Waals surface area (Å²) in [6.07, 6.45) is -1.54. The fraction of sp³-hybridized carbons (Fsp3) is 0.455. The molecule has 0 aromatic carbocycles. The van der Waals surface area contributed by atoms with Crippen molar-refractivity contribution in [3.05, 3.63) is 24.3 Å².